The number of esters is 1. The molecule has 2 rings (SSSR count). The van der Waals surface area contributed by atoms with Gasteiger partial charge in [0.25, 0.3) is 0 Å². The average Bonchev–Trinajstić information content (AvgIpc) is 2.86. The lowest BCUT2D eigenvalue weighted by Gasteiger charge is -2.51. The third kappa shape index (κ3) is 7.84. The Morgan fingerprint density at radius 3 is 2.34 bits per heavy atom. The molecule has 38 heavy (non-hydrogen) atoms. The second-order valence-electron chi connectivity index (χ2n) is 10.7. The summed E-state index contributed by atoms with van der Waals surface area (Å²) in [6, 6.07) is -0.882. The molecule has 2 heterocycles. The van der Waals surface area contributed by atoms with Crippen molar-refractivity contribution >= 4 is 38.7 Å². The number of β-lactam (4-membered cyclic amide) rings is 1. The first kappa shape index (κ1) is 31.4. The summed E-state index contributed by atoms with van der Waals surface area (Å²) in [5.74, 6) is -4.29. The van der Waals surface area contributed by atoms with Gasteiger partial charge in [-0.05, 0) is 24.4 Å². The maximum atomic E-state index is 13.4. The Bertz CT molecular complexity index is 930. The molecule has 0 aromatic rings. The smallest absolute Gasteiger partial charge is 0.410 e. The molecular formula is C26H40N2O9Si. The quantitative estimate of drug-likeness (QED) is 0.124. The summed E-state index contributed by atoms with van der Waals surface area (Å²) in [5.41, 5.74) is -0.392. The van der Waals surface area contributed by atoms with Gasteiger partial charge in [0, 0.05) is 19.6 Å². The lowest BCUT2D eigenvalue weighted by Crippen LogP contribution is -2.69. The van der Waals surface area contributed by atoms with Gasteiger partial charge in [0.2, 0.25) is 5.91 Å². The van der Waals surface area contributed by atoms with Crippen molar-refractivity contribution in [2.24, 2.45) is 17.3 Å². The summed E-state index contributed by atoms with van der Waals surface area (Å²) in [7, 11) is -1.43. The Hall–Kier alpha value is -2.83. The Balaban J connectivity index is 2.28. The van der Waals surface area contributed by atoms with Gasteiger partial charge in [-0.2, -0.15) is 0 Å². The standard InChI is InChI=1S/C26H40N2O9Si/c1-8-11-35-24(32)23(31)28-18(21(22(28)30)17(26(3,4)5)16-37-38(6)7)14-19(29)20-15-27(10-13-34-20)25(33)36-12-9-2/h8-9,17-18,20-21,38H,1-2,10-16H2,3-7H3/t17-,18-,20?,21+/m1/s1. The monoisotopic (exact) mass is 552 g/mol. The molecule has 12 heteroatoms. The first-order chi connectivity index (χ1) is 17.8. The minimum atomic E-state index is -1.43. The van der Waals surface area contributed by atoms with E-state index in [1.165, 1.54) is 17.1 Å². The Labute approximate surface area is 225 Å². The zero-order valence-corrected chi connectivity index (χ0v) is 24.1. The molecule has 0 aromatic heterocycles. The fourth-order valence-electron chi connectivity index (χ4n) is 4.53. The highest BCUT2D eigenvalue weighted by Gasteiger charge is 2.58. The highest BCUT2D eigenvalue weighted by atomic mass is 28.3. The second kappa shape index (κ2) is 13.8. The van der Waals surface area contributed by atoms with Gasteiger partial charge in [0.15, 0.2) is 14.8 Å². The predicted molar refractivity (Wildman–Crippen MR) is 141 cm³/mol. The van der Waals surface area contributed by atoms with Crippen LogP contribution in [0.4, 0.5) is 4.79 Å². The molecule has 2 aliphatic rings. The number of hydrogen-bond acceptors (Lipinski definition) is 9. The number of rotatable bonds is 11. The summed E-state index contributed by atoms with van der Waals surface area (Å²) in [6.07, 6.45) is 0.961. The predicted octanol–water partition coefficient (Wildman–Crippen LogP) is 1.71. The number of hydrogen-bond donors (Lipinski definition) is 0. The lowest BCUT2D eigenvalue weighted by molar-refractivity contribution is -0.182. The van der Waals surface area contributed by atoms with E-state index in [0.717, 1.165) is 4.90 Å². The van der Waals surface area contributed by atoms with Crippen LogP contribution in [0.1, 0.15) is 27.2 Å². The number of carbonyl (C=O) groups excluding carboxylic acids is 5. The number of Topliss-reactive ketones (excluding diaryl/α,β-unsaturated/α-hetero) is 1. The molecule has 3 amide bonds. The minimum Gasteiger partial charge on any atom is -0.454 e. The van der Waals surface area contributed by atoms with E-state index >= 15 is 0 Å². The second-order valence-corrected chi connectivity index (χ2v) is 13.1. The number of ketones is 1. The largest absolute Gasteiger partial charge is 0.454 e. The molecule has 2 fully saturated rings. The molecular weight excluding hydrogens is 512 g/mol. The van der Waals surface area contributed by atoms with Crippen LogP contribution in [-0.2, 0) is 37.8 Å². The van der Waals surface area contributed by atoms with Crippen LogP contribution in [0.25, 0.3) is 0 Å². The van der Waals surface area contributed by atoms with Crippen LogP contribution >= 0.6 is 0 Å². The van der Waals surface area contributed by atoms with Crippen LogP contribution in [0.15, 0.2) is 25.3 Å². The number of ether oxygens (including phenoxy) is 3. The number of imide groups is 1. The third-order valence-corrected chi connectivity index (χ3v) is 7.43. The van der Waals surface area contributed by atoms with E-state index in [4.69, 9.17) is 18.6 Å². The van der Waals surface area contributed by atoms with Crippen LogP contribution in [0.2, 0.25) is 13.1 Å². The molecule has 0 bridgehead atoms. The third-order valence-electron chi connectivity index (χ3n) is 6.57. The van der Waals surface area contributed by atoms with Gasteiger partial charge < -0.3 is 23.5 Å². The maximum Gasteiger partial charge on any atom is 0.410 e. The normalized spacial score (nSPS) is 22.4. The molecule has 0 spiro atoms. The van der Waals surface area contributed by atoms with Crippen molar-refractivity contribution < 1.29 is 42.6 Å². The summed E-state index contributed by atoms with van der Waals surface area (Å²) in [4.78, 5) is 66.3. The molecule has 0 radical (unpaired) electrons. The van der Waals surface area contributed by atoms with Crippen LogP contribution in [0.5, 0.6) is 0 Å². The summed E-state index contributed by atoms with van der Waals surface area (Å²) in [5, 5.41) is 0. The van der Waals surface area contributed by atoms with Crippen molar-refractivity contribution in [3.63, 3.8) is 0 Å². The molecule has 0 aromatic carbocycles. The number of nitrogens with zero attached hydrogens (tertiary/aromatic N) is 2. The van der Waals surface area contributed by atoms with Crippen LogP contribution < -0.4 is 0 Å². The Morgan fingerprint density at radius 2 is 1.76 bits per heavy atom. The molecule has 11 nitrogen and oxygen atoms in total. The van der Waals surface area contributed by atoms with Crippen molar-refractivity contribution in [3.05, 3.63) is 25.3 Å². The number of morpholine rings is 1. The van der Waals surface area contributed by atoms with E-state index in [-0.39, 0.29) is 45.2 Å². The van der Waals surface area contributed by atoms with Crippen molar-refractivity contribution in [1.29, 1.82) is 0 Å². The van der Waals surface area contributed by atoms with Gasteiger partial charge in [-0.25, -0.2) is 9.59 Å². The minimum absolute atomic E-state index is 0.0276. The molecule has 0 aliphatic carbocycles. The Morgan fingerprint density at radius 1 is 1.13 bits per heavy atom. The summed E-state index contributed by atoms with van der Waals surface area (Å²) in [6.45, 7) is 17.4. The van der Waals surface area contributed by atoms with Crippen molar-refractivity contribution in [2.45, 2.75) is 52.4 Å². The first-order valence-corrected chi connectivity index (χ1v) is 15.5. The Kier molecular flexibility index (Phi) is 11.4. The maximum absolute atomic E-state index is 13.4. The van der Waals surface area contributed by atoms with Crippen molar-refractivity contribution in [1.82, 2.24) is 9.80 Å². The van der Waals surface area contributed by atoms with Crippen LogP contribution in [0.3, 0.4) is 0 Å². The number of carbonyl (C=O) groups is 5. The molecule has 212 valence electrons. The molecule has 1 unspecified atom stereocenters. The fraction of sp³-hybridized carbons (Fsp3) is 0.654. The SMILES string of the molecule is C=CCOC(=O)C(=O)N1C(=O)[C@@H]([C@@H](CO[SiH](C)C)C(C)(C)C)[C@H]1CC(=O)C1CN(C(=O)OCC=C)CCO1. The number of likely N-dealkylation sites (tertiary alicyclic amines) is 1. The van der Waals surface area contributed by atoms with Crippen molar-refractivity contribution in [3.8, 4) is 0 Å². The zero-order chi connectivity index (χ0) is 28.6. The van der Waals surface area contributed by atoms with Crippen molar-refractivity contribution in [2.75, 3.05) is 39.5 Å². The van der Waals surface area contributed by atoms with Gasteiger partial charge >= 0.3 is 18.0 Å². The van der Waals surface area contributed by atoms with Gasteiger partial charge in [-0.15, -0.1) is 0 Å². The average molecular weight is 553 g/mol. The fourth-order valence-corrected chi connectivity index (χ4v) is 5.12. The van der Waals surface area contributed by atoms with Gasteiger partial charge in [-0.1, -0.05) is 46.1 Å². The van der Waals surface area contributed by atoms with E-state index < -0.39 is 62.2 Å². The van der Waals surface area contributed by atoms with E-state index in [1.807, 2.05) is 33.9 Å². The first-order valence-electron chi connectivity index (χ1n) is 12.8. The molecule has 0 saturated carbocycles. The van der Waals surface area contributed by atoms with E-state index in [0.29, 0.717) is 6.61 Å². The molecule has 2 aliphatic heterocycles. The van der Waals surface area contributed by atoms with E-state index in [2.05, 4.69) is 13.2 Å². The molecule has 4 atom stereocenters. The molecule has 0 N–H and O–H groups in total. The van der Waals surface area contributed by atoms with E-state index in [9.17, 15) is 24.0 Å². The molecule has 2 saturated heterocycles. The summed E-state index contributed by atoms with van der Waals surface area (Å²) >= 11 is 0. The highest BCUT2D eigenvalue weighted by Crippen LogP contribution is 2.43. The summed E-state index contributed by atoms with van der Waals surface area (Å²) < 4.78 is 21.5. The topological polar surface area (TPSA) is 129 Å². The van der Waals surface area contributed by atoms with Gasteiger partial charge in [0.05, 0.1) is 25.1 Å². The number of amides is 3. The van der Waals surface area contributed by atoms with Gasteiger partial charge in [-0.3, -0.25) is 19.3 Å². The zero-order valence-electron chi connectivity index (χ0n) is 23.0. The van der Waals surface area contributed by atoms with Crippen LogP contribution in [0, 0.1) is 17.3 Å². The highest BCUT2D eigenvalue weighted by molar-refractivity contribution is 6.48. The van der Waals surface area contributed by atoms with E-state index in [1.54, 1.807) is 0 Å². The lowest BCUT2D eigenvalue weighted by atomic mass is 9.65. The van der Waals surface area contributed by atoms with Gasteiger partial charge in [0.1, 0.15) is 19.3 Å². The van der Waals surface area contributed by atoms with Crippen LogP contribution in [-0.4, -0.2) is 100 Å².